The van der Waals surface area contributed by atoms with Crippen LogP contribution in [0.3, 0.4) is 0 Å². The Morgan fingerprint density at radius 3 is 2.37 bits per heavy atom. The van der Waals surface area contributed by atoms with Crippen molar-refractivity contribution < 1.29 is 26.7 Å². The Kier molecular flexibility index (Phi) is 6.69. The van der Waals surface area contributed by atoms with E-state index in [0.29, 0.717) is 6.07 Å². The molecule has 0 radical (unpaired) electrons. The summed E-state index contributed by atoms with van der Waals surface area (Å²) >= 11 is 0. The van der Waals surface area contributed by atoms with Gasteiger partial charge < -0.3 is 16.0 Å². The zero-order valence-corrected chi connectivity index (χ0v) is 14.0. The third kappa shape index (κ3) is 5.40. The van der Waals surface area contributed by atoms with E-state index in [1.54, 1.807) is 0 Å². The van der Waals surface area contributed by atoms with Crippen LogP contribution in [0.5, 0.6) is 0 Å². The molecule has 2 aromatic carbocycles. The second kappa shape index (κ2) is 8.97. The highest BCUT2D eigenvalue weighted by Gasteiger charge is 2.15. The molecular formula is C17H15F5N4O. The molecular weight excluding hydrogens is 371 g/mol. The number of guanidine groups is 1. The molecule has 3 N–H and O–H groups in total. The van der Waals surface area contributed by atoms with Crippen molar-refractivity contribution in [3.63, 3.8) is 0 Å². The van der Waals surface area contributed by atoms with Gasteiger partial charge in [0.2, 0.25) is 5.91 Å². The Balaban J connectivity index is 1.89. The molecule has 0 aliphatic heterocycles. The van der Waals surface area contributed by atoms with Gasteiger partial charge in [0, 0.05) is 19.2 Å². The molecule has 0 bridgehead atoms. The number of benzene rings is 2. The fourth-order valence-corrected chi connectivity index (χ4v) is 2.06. The Hall–Kier alpha value is -3.17. The number of rotatable bonds is 5. The molecule has 0 saturated heterocycles. The summed E-state index contributed by atoms with van der Waals surface area (Å²) in [7, 11) is 1.38. The lowest BCUT2D eigenvalue weighted by atomic mass is 10.2. The molecule has 1 amide bonds. The normalized spacial score (nSPS) is 11.3. The summed E-state index contributed by atoms with van der Waals surface area (Å²) in [5.41, 5.74) is -0.475. The van der Waals surface area contributed by atoms with Crippen molar-refractivity contribution in [3.8, 4) is 0 Å². The Labute approximate surface area is 151 Å². The molecule has 0 aliphatic carbocycles. The van der Waals surface area contributed by atoms with E-state index in [0.717, 1.165) is 24.3 Å². The lowest BCUT2D eigenvalue weighted by molar-refractivity contribution is -0.115. The van der Waals surface area contributed by atoms with Crippen molar-refractivity contribution in [1.82, 2.24) is 10.6 Å². The molecule has 0 aliphatic rings. The lowest BCUT2D eigenvalue weighted by Crippen LogP contribution is -2.41. The second-order valence-electron chi connectivity index (χ2n) is 5.29. The predicted molar refractivity (Wildman–Crippen MR) is 89.5 cm³/mol. The summed E-state index contributed by atoms with van der Waals surface area (Å²) in [4.78, 5) is 15.6. The maximum absolute atomic E-state index is 13.6. The Morgan fingerprint density at radius 2 is 1.67 bits per heavy atom. The van der Waals surface area contributed by atoms with Gasteiger partial charge in [0.1, 0.15) is 11.6 Å². The van der Waals surface area contributed by atoms with Gasteiger partial charge in [-0.15, -0.1) is 0 Å². The molecule has 5 nitrogen and oxygen atoms in total. The summed E-state index contributed by atoms with van der Waals surface area (Å²) < 4.78 is 66.2. The van der Waals surface area contributed by atoms with Gasteiger partial charge in [0.05, 0.1) is 12.2 Å². The van der Waals surface area contributed by atoms with E-state index >= 15 is 0 Å². The highest BCUT2D eigenvalue weighted by molar-refractivity contribution is 5.95. The summed E-state index contributed by atoms with van der Waals surface area (Å²) in [5.74, 6) is -6.50. The van der Waals surface area contributed by atoms with Crippen LogP contribution >= 0.6 is 0 Å². The first kappa shape index (κ1) is 20.1. The molecule has 0 saturated carbocycles. The standard InChI is InChI=1S/C17H15F5N4O/c1-23-17(24-7-9-6-10(18)2-3-11(9)19)25-8-14(27)26-13-5-4-12(20)15(21)16(13)22/h2-6H,7-8H2,1H3,(H,26,27)(H2,23,24,25). The molecule has 10 heteroatoms. The van der Waals surface area contributed by atoms with E-state index in [2.05, 4.69) is 20.9 Å². The minimum atomic E-state index is -1.70. The highest BCUT2D eigenvalue weighted by Crippen LogP contribution is 2.19. The number of carbonyl (C=O) groups excluding carboxylic acids is 1. The van der Waals surface area contributed by atoms with Gasteiger partial charge in [0.25, 0.3) is 0 Å². The van der Waals surface area contributed by atoms with Crippen molar-refractivity contribution >= 4 is 17.6 Å². The molecule has 144 valence electrons. The Morgan fingerprint density at radius 1 is 0.963 bits per heavy atom. The predicted octanol–water partition coefficient (Wildman–Crippen LogP) is 2.69. The van der Waals surface area contributed by atoms with Crippen LogP contribution in [0, 0.1) is 29.1 Å². The number of nitrogens with one attached hydrogen (secondary N) is 3. The van der Waals surface area contributed by atoms with E-state index < -0.39 is 47.2 Å². The largest absolute Gasteiger partial charge is 0.352 e. The number of halogens is 5. The van der Waals surface area contributed by atoms with Crippen LogP contribution in [0.25, 0.3) is 0 Å². The highest BCUT2D eigenvalue weighted by atomic mass is 19.2. The van der Waals surface area contributed by atoms with E-state index in [1.807, 2.05) is 0 Å². The number of carbonyl (C=O) groups is 1. The molecule has 2 rings (SSSR count). The molecule has 0 heterocycles. The molecule has 27 heavy (non-hydrogen) atoms. The van der Waals surface area contributed by atoms with Crippen LogP contribution in [-0.2, 0) is 11.3 Å². The van der Waals surface area contributed by atoms with Crippen molar-refractivity contribution in [2.24, 2.45) is 4.99 Å². The summed E-state index contributed by atoms with van der Waals surface area (Å²) in [6.07, 6.45) is 0. The minimum Gasteiger partial charge on any atom is -0.352 e. The first-order valence-corrected chi connectivity index (χ1v) is 7.63. The van der Waals surface area contributed by atoms with Crippen LogP contribution in [0.4, 0.5) is 27.6 Å². The van der Waals surface area contributed by atoms with Gasteiger partial charge in [0.15, 0.2) is 23.4 Å². The fourth-order valence-electron chi connectivity index (χ4n) is 2.06. The fraction of sp³-hybridized carbons (Fsp3) is 0.176. The average molecular weight is 386 g/mol. The summed E-state index contributed by atoms with van der Waals surface area (Å²) in [6, 6.07) is 4.52. The summed E-state index contributed by atoms with van der Waals surface area (Å²) in [5, 5.41) is 7.30. The zero-order chi connectivity index (χ0) is 20.0. The number of anilines is 1. The summed E-state index contributed by atoms with van der Waals surface area (Å²) in [6.45, 7) is -0.508. The van der Waals surface area contributed by atoms with Gasteiger partial charge >= 0.3 is 0 Å². The number of hydrogen-bond acceptors (Lipinski definition) is 2. The van der Waals surface area contributed by atoms with Gasteiger partial charge in [-0.1, -0.05) is 0 Å². The van der Waals surface area contributed by atoms with Crippen molar-refractivity contribution in [1.29, 1.82) is 0 Å². The lowest BCUT2D eigenvalue weighted by Gasteiger charge is -2.13. The van der Waals surface area contributed by atoms with Gasteiger partial charge in [-0.25, -0.2) is 22.0 Å². The average Bonchev–Trinajstić information content (AvgIpc) is 2.65. The van der Waals surface area contributed by atoms with Crippen molar-refractivity contribution in [2.75, 3.05) is 18.9 Å². The minimum absolute atomic E-state index is 0.0475. The quantitative estimate of drug-likeness (QED) is 0.320. The second-order valence-corrected chi connectivity index (χ2v) is 5.29. The molecule has 0 spiro atoms. The van der Waals surface area contributed by atoms with E-state index in [1.165, 1.54) is 7.05 Å². The zero-order valence-electron chi connectivity index (χ0n) is 14.0. The van der Waals surface area contributed by atoms with Crippen molar-refractivity contribution in [2.45, 2.75) is 6.54 Å². The molecule has 0 aromatic heterocycles. The maximum Gasteiger partial charge on any atom is 0.243 e. The van der Waals surface area contributed by atoms with E-state index in [9.17, 15) is 26.7 Å². The molecule has 0 atom stereocenters. The maximum atomic E-state index is 13.6. The first-order valence-electron chi connectivity index (χ1n) is 7.63. The number of aliphatic imine (C=N–C) groups is 1. The number of amides is 1. The van der Waals surface area contributed by atoms with Crippen LogP contribution in [0.15, 0.2) is 35.3 Å². The van der Waals surface area contributed by atoms with Crippen LogP contribution < -0.4 is 16.0 Å². The SMILES string of the molecule is CN=C(NCC(=O)Nc1ccc(F)c(F)c1F)NCc1cc(F)ccc1F. The van der Waals surface area contributed by atoms with Crippen molar-refractivity contribution in [3.05, 3.63) is 65.0 Å². The monoisotopic (exact) mass is 386 g/mol. The molecule has 0 unspecified atom stereocenters. The smallest absolute Gasteiger partial charge is 0.243 e. The van der Waals surface area contributed by atoms with Gasteiger partial charge in [-0.2, -0.15) is 0 Å². The molecule has 2 aromatic rings. The van der Waals surface area contributed by atoms with E-state index in [4.69, 9.17) is 0 Å². The van der Waals surface area contributed by atoms with Crippen LogP contribution in [0.2, 0.25) is 0 Å². The number of nitrogens with zero attached hydrogens (tertiary/aromatic N) is 1. The van der Waals surface area contributed by atoms with E-state index in [-0.39, 0.29) is 18.1 Å². The first-order chi connectivity index (χ1) is 12.8. The third-order valence-corrected chi connectivity index (χ3v) is 3.40. The third-order valence-electron chi connectivity index (χ3n) is 3.40. The number of hydrogen-bond donors (Lipinski definition) is 3. The van der Waals surface area contributed by atoms with Gasteiger partial charge in [-0.3, -0.25) is 9.79 Å². The van der Waals surface area contributed by atoms with Gasteiger partial charge in [-0.05, 0) is 30.3 Å². The molecule has 0 fully saturated rings. The van der Waals surface area contributed by atoms with Crippen LogP contribution in [-0.4, -0.2) is 25.5 Å². The Bertz CT molecular complexity index is 873. The topological polar surface area (TPSA) is 65.5 Å². The van der Waals surface area contributed by atoms with Crippen LogP contribution in [0.1, 0.15) is 5.56 Å².